The average molecular weight is 458 g/mol. The van der Waals surface area contributed by atoms with Crippen LogP contribution < -0.4 is 10.5 Å². The first kappa shape index (κ1) is 23.0. The van der Waals surface area contributed by atoms with Crippen LogP contribution >= 0.6 is 0 Å². The first-order valence-corrected chi connectivity index (χ1v) is 11.3. The zero-order valence-corrected chi connectivity index (χ0v) is 18.7. The van der Waals surface area contributed by atoms with E-state index >= 15 is 0 Å². The van der Waals surface area contributed by atoms with Crippen molar-refractivity contribution < 1.29 is 19.1 Å². The van der Waals surface area contributed by atoms with Crippen molar-refractivity contribution >= 4 is 11.7 Å². The first-order chi connectivity index (χ1) is 16.6. The zero-order valence-electron chi connectivity index (χ0n) is 18.7. The van der Waals surface area contributed by atoms with Gasteiger partial charge in [0.15, 0.2) is 18.2 Å². The lowest BCUT2D eigenvalue weighted by atomic mass is 10.0. The number of aromatic nitrogens is 1. The van der Waals surface area contributed by atoms with Crippen molar-refractivity contribution in [1.29, 1.82) is 0 Å². The van der Waals surface area contributed by atoms with Crippen molar-refractivity contribution in [1.82, 2.24) is 9.88 Å². The number of nitrogens with two attached hydrogens (primary N) is 1. The Morgan fingerprint density at radius 3 is 2.50 bits per heavy atom. The smallest absolute Gasteiger partial charge is 0.217 e. The summed E-state index contributed by atoms with van der Waals surface area (Å²) in [5, 5.41) is 0. The molecule has 0 saturated heterocycles. The van der Waals surface area contributed by atoms with Crippen LogP contribution in [0.1, 0.15) is 53.4 Å². The van der Waals surface area contributed by atoms with E-state index in [1.165, 1.54) is 0 Å². The molecule has 2 N–H and O–H groups in total. The second-order valence-electron chi connectivity index (χ2n) is 8.01. The minimum Gasteiger partial charge on any atom is -0.472 e. The van der Waals surface area contributed by atoms with Crippen LogP contribution in [-0.2, 0) is 9.53 Å². The van der Waals surface area contributed by atoms with Gasteiger partial charge in [-0.25, -0.2) is 0 Å². The number of hydrogen-bond acceptors (Lipinski definition) is 6. The highest BCUT2D eigenvalue weighted by atomic mass is 16.5. The monoisotopic (exact) mass is 457 g/mol. The summed E-state index contributed by atoms with van der Waals surface area (Å²) in [6, 6.07) is 20.5. The number of ketones is 1. The predicted octanol–water partition coefficient (Wildman–Crippen LogP) is 4.57. The van der Waals surface area contributed by atoms with Gasteiger partial charge in [0, 0.05) is 48.1 Å². The van der Waals surface area contributed by atoms with Crippen molar-refractivity contribution in [3.63, 3.8) is 0 Å². The Labute approximate surface area is 198 Å². The van der Waals surface area contributed by atoms with Crippen LogP contribution in [0, 0.1) is 0 Å². The molecule has 174 valence electrons. The number of para-hydroxylation sites is 1. The lowest BCUT2D eigenvalue weighted by Crippen LogP contribution is -2.37. The molecule has 2 aromatic carbocycles. The SMILES string of the molecule is NC(=O)CCCCC(Oc1ccccc1)N1C=COC1c1ccc(C(=O)c2cccnc2)cc1. The molecule has 0 aliphatic carbocycles. The molecule has 7 nitrogen and oxygen atoms in total. The molecular formula is C27H27N3O4. The van der Waals surface area contributed by atoms with Crippen molar-refractivity contribution in [3.8, 4) is 5.75 Å². The van der Waals surface area contributed by atoms with Gasteiger partial charge in [0.05, 0.1) is 0 Å². The number of amides is 1. The Morgan fingerprint density at radius 2 is 1.79 bits per heavy atom. The van der Waals surface area contributed by atoms with Gasteiger partial charge < -0.3 is 20.1 Å². The highest BCUT2D eigenvalue weighted by molar-refractivity contribution is 6.08. The van der Waals surface area contributed by atoms with Crippen LogP contribution in [-0.4, -0.2) is 27.8 Å². The summed E-state index contributed by atoms with van der Waals surface area (Å²) in [6.07, 6.45) is 8.50. The molecule has 2 atom stereocenters. The highest BCUT2D eigenvalue weighted by Crippen LogP contribution is 2.32. The summed E-state index contributed by atoms with van der Waals surface area (Å²) >= 11 is 0. The van der Waals surface area contributed by atoms with Crippen LogP contribution in [0.2, 0.25) is 0 Å². The number of carbonyl (C=O) groups is 2. The van der Waals surface area contributed by atoms with Gasteiger partial charge in [-0.2, -0.15) is 0 Å². The zero-order chi connectivity index (χ0) is 23.8. The minimum absolute atomic E-state index is 0.0818. The van der Waals surface area contributed by atoms with E-state index in [2.05, 4.69) is 4.98 Å². The maximum atomic E-state index is 12.7. The summed E-state index contributed by atoms with van der Waals surface area (Å²) in [7, 11) is 0. The number of hydrogen-bond donors (Lipinski definition) is 1. The summed E-state index contributed by atoms with van der Waals surface area (Å²) < 4.78 is 12.2. The van der Waals surface area contributed by atoms with Crippen LogP contribution in [0.4, 0.5) is 0 Å². The Balaban J connectivity index is 1.49. The third kappa shape index (κ3) is 5.81. The lowest BCUT2D eigenvalue weighted by Gasteiger charge is -2.33. The number of nitrogens with zero attached hydrogens (tertiary/aromatic N) is 2. The number of ether oxygens (including phenoxy) is 2. The van der Waals surface area contributed by atoms with E-state index in [0.29, 0.717) is 30.4 Å². The van der Waals surface area contributed by atoms with E-state index in [1.807, 2.05) is 53.6 Å². The van der Waals surface area contributed by atoms with Crippen LogP contribution in [0.25, 0.3) is 0 Å². The van der Waals surface area contributed by atoms with Gasteiger partial charge in [0.1, 0.15) is 12.0 Å². The normalized spacial score (nSPS) is 15.5. The first-order valence-electron chi connectivity index (χ1n) is 11.3. The third-order valence-electron chi connectivity index (χ3n) is 5.57. The third-order valence-corrected chi connectivity index (χ3v) is 5.57. The summed E-state index contributed by atoms with van der Waals surface area (Å²) in [5.41, 5.74) is 7.31. The summed E-state index contributed by atoms with van der Waals surface area (Å²) in [4.78, 5) is 29.8. The van der Waals surface area contributed by atoms with Crippen molar-refractivity contribution in [2.75, 3.05) is 0 Å². The molecule has 1 amide bonds. The molecule has 34 heavy (non-hydrogen) atoms. The molecule has 0 spiro atoms. The Morgan fingerprint density at radius 1 is 1.00 bits per heavy atom. The molecule has 2 heterocycles. The molecule has 2 unspecified atom stereocenters. The van der Waals surface area contributed by atoms with Gasteiger partial charge in [0.25, 0.3) is 0 Å². The molecule has 7 heteroatoms. The molecule has 0 radical (unpaired) electrons. The van der Waals surface area contributed by atoms with Crippen molar-refractivity contribution in [2.24, 2.45) is 5.73 Å². The second kappa shape index (κ2) is 11.1. The topological polar surface area (TPSA) is 94.8 Å². The van der Waals surface area contributed by atoms with Gasteiger partial charge in [0.2, 0.25) is 5.91 Å². The van der Waals surface area contributed by atoms with Gasteiger partial charge in [-0.05, 0) is 37.1 Å². The van der Waals surface area contributed by atoms with E-state index in [-0.39, 0.29) is 17.9 Å². The number of pyridine rings is 1. The standard InChI is InChI=1S/C27H27N3O4/c28-24(31)10-4-5-11-25(34-23-8-2-1-3-9-23)30-17-18-33-27(30)21-14-12-20(13-15-21)26(32)22-7-6-16-29-19-22/h1-3,6-9,12-19,25,27H,4-5,10-11H2,(H2,28,31). The fourth-order valence-corrected chi connectivity index (χ4v) is 3.83. The van der Waals surface area contributed by atoms with Gasteiger partial charge in [-0.1, -0.05) is 42.5 Å². The molecule has 3 aromatic rings. The average Bonchev–Trinajstić information content (AvgIpc) is 3.36. The minimum atomic E-state index is -0.396. The maximum Gasteiger partial charge on any atom is 0.217 e. The molecule has 1 aliphatic heterocycles. The van der Waals surface area contributed by atoms with E-state index in [9.17, 15) is 9.59 Å². The van der Waals surface area contributed by atoms with Crippen molar-refractivity contribution in [2.45, 2.75) is 38.1 Å². The number of carbonyl (C=O) groups excluding carboxylic acids is 2. The highest BCUT2D eigenvalue weighted by Gasteiger charge is 2.30. The van der Waals surface area contributed by atoms with E-state index in [0.717, 1.165) is 17.7 Å². The fraction of sp³-hybridized carbons (Fsp3) is 0.222. The van der Waals surface area contributed by atoms with E-state index < -0.39 is 6.23 Å². The number of unbranched alkanes of at least 4 members (excludes halogenated alkanes) is 1. The summed E-state index contributed by atoms with van der Waals surface area (Å²) in [5.74, 6) is 0.365. The molecule has 1 aliphatic rings. The van der Waals surface area contributed by atoms with Gasteiger partial charge in [-0.15, -0.1) is 0 Å². The van der Waals surface area contributed by atoms with E-state index in [1.54, 1.807) is 42.9 Å². The molecule has 0 fully saturated rings. The van der Waals surface area contributed by atoms with Crippen LogP contribution in [0.5, 0.6) is 5.75 Å². The predicted molar refractivity (Wildman–Crippen MR) is 127 cm³/mol. The molecule has 1 aromatic heterocycles. The van der Waals surface area contributed by atoms with Gasteiger partial charge in [-0.3, -0.25) is 14.6 Å². The van der Waals surface area contributed by atoms with E-state index in [4.69, 9.17) is 15.2 Å². The molecule has 0 saturated carbocycles. The summed E-state index contributed by atoms with van der Waals surface area (Å²) in [6.45, 7) is 0. The molecule has 4 rings (SSSR count). The van der Waals surface area contributed by atoms with Crippen LogP contribution in [0.15, 0.2) is 91.6 Å². The quantitative estimate of drug-likeness (QED) is 0.335. The Bertz CT molecular complexity index is 1120. The largest absolute Gasteiger partial charge is 0.472 e. The lowest BCUT2D eigenvalue weighted by molar-refractivity contribution is -0.118. The van der Waals surface area contributed by atoms with Crippen LogP contribution in [0.3, 0.4) is 0 Å². The second-order valence-corrected chi connectivity index (χ2v) is 8.01. The molecule has 0 bridgehead atoms. The maximum absolute atomic E-state index is 12.7. The molecular weight excluding hydrogens is 430 g/mol. The number of rotatable bonds is 11. The Hall–Kier alpha value is -4.13. The number of benzene rings is 2. The van der Waals surface area contributed by atoms with Crippen molar-refractivity contribution in [3.05, 3.63) is 108 Å². The number of primary amides is 1. The Kier molecular flexibility index (Phi) is 7.55. The fourth-order valence-electron chi connectivity index (χ4n) is 3.83. The van der Waals surface area contributed by atoms with Gasteiger partial charge >= 0.3 is 0 Å².